The summed E-state index contributed by atoms with van der Waals surface area (Å²) in [6.07, 6.45) is 17.4. The fourth-order valence-corrected chi connectivity index (χ4v) is 5.96. The van der Waals surface area contributed by atoms with E-state index in [9.17, 15) is 9.18 Å². The molecule has 0 aliphatic heterocycles. The Balaban J connectivity index is 0.000000659. The molecule has 1 amide bonds. The lowest BCUT2D eigenvalue weighted by Crippen LogP contribution is -2.33. The standard InChI is InChI=1S/C31H38FN5O.C9H12.CH4.H2/c1-3-5-10-27(28-15-16-29(33)37-36-28)34-19-21-11-13-22(14-12-21)20-35-31(38)25-17-24(7-4-2)30(26(32)18-25)23-8-6-9-23;1-3-9-6-4-8(2)5-7-9;;/h3,6,8-10,15-18,21-22,34H,1,4-5,7,11-14,19-20H2,2H3,(H2,33,37)(H,35,38);4-7H,3H2,1-2H3;1H4;1H/b27-10+;;;. The Morgan fingerprint density at radius 1 is 1.02 bits per heavy atom. The Morgan fingerprint density at radius 3 is 2.23 bits per heavy atom. The number of halogens is 1. The second-order valence-electron chi connectivity index (χ2n) is 12.5. The lowest BCUT2D eigenvalue weighted by atomic mass is 9.82. The molecular formula is C41H56FN5O. The van der Waals surface area contributed by atoms with Crippen LogP contribution in [0.3, 0.4) is 0 Å². The number of hydrogen-bond donors (Lipinski definition) is 3. The van der Waals surface area contributed by atoms with Crippen molar-refractivity contribution in [1.29, 1.82) is 0 Å². The van der Waals surface area contributed by atoms with Gasteiger partial charge in [0.1, 0.15) is 17.3 Å². The zero-order valence-electron chi connectivity index (χ0n) is 28.2. The van der Waals surface area contributed by atoms with E-state index < -0.39 is 0 Å². The molecule has 0 atom stereocenters. The average molecular weight is 654 g/mol. The van der Waals surface area contributed by atoms with Crippen LogP contribution in [0.25, 0.3) is 11.3 Å². The maximum Gasteiger partial charge on any atom is 0.251 e. The first-order valence-electron chi connectivity index (χ1n) is 17.0. The van der Waals surface area contributed by atoms with Gasteiger partial charge in [-0.3, -0.25) is 4.79 Å². The molecule has 1 aromatic heterocycles. The summed E-state index contributed by atoms with van der Waals surface area (Å²) in [6.45, 7) is 11.6. The third-order valence-electron chi connectivity index (χ3n) is 8.87. The number of benzene rings is 2. The van der Waals surface area contributed by atoms with Crippen molar-refractivity contribution in [2.45, 2.75) is 79.6 Å². The van der Waals surface area contributed by atoms with Crippen molar-refractivity contribution in [3.63, 3.8) is 0 Å². The summed E-state index contributed by atoms with van der Waals surface area (Å²) in [4.78, 5) is 12.9. The molecule has 2 aliphatic carbocycles. The highest BCUT2D eigenvalue weighted by atomic mass is 19.1. The van der Waals surface area contributed by atoms with E-state index in [1.807, 2.05) is 36.4 Å². The van der Waals surface area contributed by atoms with E-state index in [1.165, 1.54) is 17.2 Å². The molecule has 1 fully saturated rings. The number of amides is 1. The van der Waals surface area contributed by atoms with Crippen molar-refractivity contribution in [1.82, 2.24) is 20.8 Å². The highest BCUT2D eigenvalue weighted by molar-refractivity contribution is 5.95. The Labute approximate surface area is 289 Å². The molecule has 0 radical (unpaired) electrons. The van der Waals surface area contributed by atoms with Crippen LogP contribution in [-0.4, -0.2) is 29.2 Å². The molecule has 2 aliphatic rings. The monoisotopic (exact) mass is 653 g/mol. The number of aromatic nitrogens is 2. The summed E-state index contributed by atoms with van der Waals surface area (Å²) in [5.41, 5.74) is 13.0. The largest absolute Gasteiger partial charge is 0.383 e. The van der Waals surface area contributed by atoms with Gasteiger partial charge in [-0.2, -0.15) is 0 Å². The average Bonchev–Trinajstić information content (AvgIpc) is 3.06. The van der Waals surface area contributed by atoms with Gasteiger partial charge in [0.2, 0.25) is 0 Å². The number of nitrogens with one attached hydrogen (secondary N) is 2. The summed E-state index contributed by atoms with van der Waals surface area (Å²) in [5.74, 6) is 0.851. The summed E-state index contributed by atoms with van der Waals surface area (Å²) in [7, 11) is 0. The van der Waals surface area contributed by atoms with Gasteiger partial charge in [0.25, 0.3) is 5.91 Å². The maximum atomic E-state index is 14.9. The lowest BCUT2D eigenvalue weighted by Gasteiger charge is -2.29. The maximum absolute atomic E-state index is 14.9. The molecule has 2 aromatic carbocycles. The Morgan fingerprint density at radius 2 is 1.69 bits per heavy atom. The minimum absolute atomic E-state index is 0. The van der Waals surface area contributed by atoms with Gasteiger partial charge in [-0.15, -0.1) is 16.8 Å². The van der Waals surface area contributed by atoms with Crippen molar-refractivity contribution < 1.29 is 10.6 Å². The van der Waals surface area contributed by atoms with Gasteiger partial charge < -0.3 is 16.4 Å². The zero-order chi connectivity index (χ0) is 33.6. The molecule has 3 aromatic rings. The van der Waals surface area contributed by atoms with Gasteiger partial charge in [0.05, 0.1) is 5.70 Å². The van der Waals surface area contributed by atoms with Crippen molar-refractivity contribution >= 4 is 23.0 Å². The van der Waals surface area contributed by atoms with E-state index >= 15 is 0 Å². The minimum atomic E-state index is -0.323. The van der Waals surface area contributed by atoms with Crippen molar-refractivity contribution in [2.75, 3.05) is 18.8 Å². The van der Waals surface area contributed by atoms with Gasteiger partial charge in [0.15, 0.2) is 0 Å². The highest BCUT2D eigenvalue weighted by Gasteiger charge is 2.23. The number of allylic oxidation sites excluding steroid dienone is 6. The van der Waals surface area contributed by atoms with E-state index in [2.05, 4.69) is 78.5 Å². The van der Waals surface area contributed by atoms with Gasteiger partial charge >= 0.3 is 0 Å². The predicted octanol–water partition coefficient (Wildman–Crippen LogP) is 9.29. The Kier molecular flexibility index (Phi) is 15.3. The Hall–Kier alpha value is -4.52. The summed E-state index contributed by atoms with van der Waals surface area (Å²) < 4.78 is 14.9. The molecule has 6 nitrogen and oxygen atoms in total. The number of carbonyl (C=O) groups is 1. The van der Waals surface area contributed by atoms with Gasteiger partial charge in [-0.25, -0.2) is 4.39 Å². The van der Waals surface area contributed by atoms with Crippen molar-refractivity contribution in [3.8, 4) is 0 Å². The lowest BCUT2D eigenvalue weighted by molar-refractivity contribution is 0.0940. The van der Waals surface area contributed by atoms with E-state index in [-0.39, 0.29) is 20.6 Å². The minimum Gasteiger partial charge on any atom is -0.383 e. The molecule has 4 N–H and O–H groups in total. The molecule has 1 saturated carbocycles. The molecule has 0 saturated heterocycles. The number of rotatable bonds is 13. The fraction of sp³-hybridized carbons (Fsp3) is 0.390. The van der Waals surface area contributed by atoms with E-state index in [4.69, 9.17) is 5.73 Å². The summed E-state index contributed by atoms with van der Waals surface area (Å²) in [6, 6.07) is 15.5. The normalized spacial score (nSPS) is 16.8. The van der Waals surface area contributed by atoms with Crippen LogP contribution in [0.15, 0.2) is 85.5 Å². The molecule has 48 heavy (non-hydrogen) atoms. The molecular weight excluding hydrogens is 597 g/mol. The number of nitrogen functional groups attached to an aromatic ring is 1. The first-order valence-corrected chi connectivity index (χ1v) is 17.0. The van der Waals surface area contributed by atoms with Crippen molar-refractivity contribution in [2.24, 2.45) is 11.8 Å². The number of anilines is 1. The van der Waals surface area contributed by atoms with Crippen LogP contribution >= 0.6 is 0 Å². The molecule has 0 unspecified atom stereocenters. The Bertz CT molecular complexity index is 1570. The molecule has 5 rings (SSSR count). The number of aryl methyl sites for hydroxylation is 3. The smallest absolute Gasteiger partial charge is 0.251 e. The molecule has 0 spiro atoms. The number of nitrogens with two attached hydrogens (primary N) is 1. The third kappa shape index (κ3) is 11.0. The van der Waals surface area contributed by atoms with Gasteiger partial charge in [-0.1, -0.05) is 87.9 Å². The van der Waals surface area contributed by atoms with E-state index in [0.29, 0.717) is 35.3 Å². The quantitative estimate of drug-likeness (QED) is 0.160. The molecule has 7 heteroatoms. The van der Waals surface area contributed by atoms with Crippen LogP contribution in [0, 0.1) is 24.6 Å². The highest BCUT2D eigenvalue weighted by Crippen LogP contribution is 2.31. The summed E-state index contributed by atoms with van der Waals surface area (Å²) >= 11 is 0. The molecule has 258 valence electrons. The molecule has 0 bridgehead atoms. The number of carbonyl (C=O) groups excluding carboxylic acids is 1. The van der Waals surface area contributed by atoms with Gasteiger partial charge in [0, 0.05) is 25.6 Å². The third-order valence-corrected chi connectivity index (χ3v) is 8.87. The van der Waals surface area contributed by atoms with Crippen LogP contribution in [0.5, 0.6) is 0 Å². The van der Waals surface area contributed by atoms with Crippen LogP contribution < -0.4 is 16.4 Å². The van der Waals surface area contributed by atoms with Crippen LogP contribution in [0.4, 0.5) is 10.2 Å². The second-order valence-corrected chi connectivity index (χ2v) is 12.5. The van der Waals surface area contributed by atoms with Crippen LogP contribution in [0.2, 0.25) is 0 Å². The predicted molar refractivity (Wildman–Crippen MR) is 202 cm³/mol. The SMILES string of the molecule is C.C=CC/C=C(/NCC1CCC(CNC(=O)c2cc(F)c(C3=CC=C3)c(CCC)c2)CC1)c1ccc(N)nn1.CCc1ccc(C)cc1.[HH]. The van der Waals surface area contributed by atoms with Gasteiger partial charge in [-0.05, 0) is 105 Å². The first-order chi connectivity index (χ1) is 22.8. The first kappa shape index (κ1) is 37.9. The molecule has 1 heterocycles. The second kappa shape index (κ2) is 19.3. The van der Waals surface area contributed by atoms with Crippen LogP contribution in [-0.2, 0) is 12.8 Å². The zero-order valence-corrected chi connectivity index (χ0v) is 28.2. The topological polar surface area (TPSA) is 92.9 Å². The number of hydrogen-bond acceptors (Lipinski definition) is 5. The van der Waals surface area contributed by atoms with E-state index in [1.54, 1.807) is 6.07 Å². The van der Waals surface area contributed by atoms with Crippen molar-refractivity contribution in [3.05, 3.63) is 125 Å². The number of nitrogens with zero attached hydrogens (tertiary/aromatic N) is 2. The van der Waals surface area contributed by atoms with Crippen LogP contribution in [0.1, 0.15) is 99.5 Å². The van der Waals surface area contributed by atoms with E-state index in [0.717, 1.165) is 80.4 Å². The summed E-state index contributed by atoms with van der Waals surface area (Å²) in [5, 5.41) is 14.8. The fourth-order valence-electron chi connectivity index (χ4n) is 5.96.